The lowest BCUT2D eigenvalue weighted by atomic mass is 9.84. The van der Waals surface area contributed by atoms with Gasteiger partial charge >= 0.3 is 0 Å². The van der Waals surface area contributed by atoms with Crippen LogP contribution in [0.4, 0.5) is 0 Å². The monoisotopic (exact) mass is 157 g/mol. The third-order valence-corrected chi connectivity index (χ3v) is 2.96. The van der Waals surface area contributed by atoms with E-state index >= 15 is 0 Å². The zero-order chi connectivity index (χ0) is 8.65. The van der Waals surface area contributed by atoms with Crippen molar-refractivity contribution in [3.8, 4) is 0 Å². The van der Waals surface area contributed by atoms with Crippen molar-refractivity contribution in [3.05, 3.63) is 0 Å². The highest BCUT2D eigenvalue weighted by Gasteiger charge is 2.35. The zero-order valence-corrected chi connectivity index (χ0v) is 7.96. The largest absolute Gasteiger partial charge is 0.393 e. The summed E-state index contributed by atoms with van der Waals surface area (Å²) in [6, 6.07) is 0. The summed E-state index contributed by atoms with van der Waals surface area (Å²) in [6.07, 6.45) is 0.784. The molecule has 0 radical (unpaired) electrons. The normalized spacial score (nSPS) is 39.0. The van der Waals surface area contributed by atoms with Crippen LogP contribution in [-0.2, 0) is 0 Å². The summed E-state index contributed by atoms with van der Waals surface area (Å²) < 4.78 is 0. The summed E-state index contributed by atoms with van der Waals surface area (Å²) in [7, 11) is 2.13. The SMILES string of the molecule is C[C@H]1CN(C)C(C)(C)C[C@@H]1O. The van der Waals surface area contributed by atoms with Gasteiger partial charge in [-0.1, -0.05) is 6.92 Å². The first kappa shape index (κ1) is 9.01. The molecule has 0 aliphatic carbocycles. The standard InChI is InChI=1S/C9H19NO/c1-7-6-10(4)9(2,3)5-8(7)11/h7-8,11H,5-6H2,1-4H3/t7-,8-/m0/s1. The van der Waals surface area contributed by atoms with Crippen molar-refractivity contribution in [2.24, 2.45) is 5.92 Å². The van der Waals surface area contributed by atoms with Gasteiger partial charge in [-0.3, -0.25) is 0 Å². The van der Waals surface area contributed by atoms with Crippen LogP contribution in [0.5, 0.6) is 0 Å². The van der Waals surface area contributed by atoms with Gasteiger partial charge < -0.3 is 10.0 Å². The molecular formula is C9H19NO. The van der Waals surface area contributed by atoms with Crippen LogP contribution in [0.2, 0.25) is 0 Å². The molecule has 0 bridgehead atoms. The average Bonchev–Trinajstić information content (AvgIpc) is 1.83. The Morgan fingerprint density at radius 2 is 2.00 bits per heavy atom. The lowest BCUT2D eigenvalue weighted by Gasteiger charge is -2.45. The van der Waals surface area contributed by atoms with Gasteiger partial charge in [0.25, 0.3) is 0 Å². The van der Waals surface area contributed by atoms with Crippen LogP contribution >= 0.6 is 0 Å². The van der Waals surface area contributed by atoms with Crippen molar-refractivity contribution in [2.75, 3.05) is 13.6 Å². The number of rotatable bonds is 0. The minimum atomic E-state index is -0.110. The topological polar surface area (TPSA) is 23.5 Å². The van der Waals surface area contributed by atoms with Gasteiger partial charge in [0, 0.05) is 12.1 Å². The van der Waals surface area contributed by atoms with E-state index in [1.54, 1.807) is 0 Å². The summed E-state index contributed by atoms with van der Waals surface area (Å²) in [5.74, 6) is 0.424. The molecule has 1 N–H and O–H groups in total. The zero-order valence-electron chi connectivity index (χ0n) is 7.96. The number of piperidine rings is 1. The van der Waals surface area contributed by atoms with E-state index in [0.29, 0.717) is 5.92 Å². The molecule has 0 spiro atoms. The maximum atomic E-state index is 9.60. The van der Waals surface area contributed by atoms with E-state index in [1.165, 1.54) is 0 Å². The van der Waals surface area contributed by atoms with Gasteiger partial charge in [0.05, 0.1) is 6.10 Å². The predicted octanol–water partition coefficient (Wildman–Crippen LogP) is 1.10. The maximum Gasteiger partial charge on any atom is 0.0595 e. The van der Waals surface area contributed by atoms with Crippen molar-refractivity contribution in [3.63, 3.8) is 0 Å². The van der Waals surface area contributed by atoms with E-state index in [-0.39, 0.29) is 11.6 Å². The number of aliphatic hydroxyl groups excluding tert-OH is 1. The van der Waals surface area contributed by atoms with E-state index in [1.807, 2.05) is 0 Å². The number of hydrogen-bond acceptors (Lipinski definition) is 2. The molecule has 1 rings (SSSR count). The van der Waals surface area contributed by atoms with Crippen LogP contribution < -0.4 is 0 Å². The second-order valence-electron chi connectivity index (χ2n) is 4.44. The predicted molar refractivity (Wildman–Crippen MR) is 46.5 cm³/mol. The lowest BCUT2D eigenvalue weighted by molar-refractivity contribution is -0.0242. The molecule has 1 saturated heterocycles. The van der Waals surface area contributed by atoms with Crippen LogP contribution in [0.25, 0.3) is 0 Å². The fourth-order valence-corrected chi connectivity index (χ4v) is 1.67. The number of nitrogens with zero attached hydrogens (tertiary/aromatic N) is 1. The van der Waals surface area contributed by atoms with E-state index in [9.17, 15) is 5.11 Å². The fraction of sp³-hybridized carbons (Fsp3) is 1.00. The van der Waals surface area contributed by atoms with Gasteiger partial charge in [-0.05, 0) is 33.2 Å². The Balaban J connectivity index is 2.63. The third kappa shape index (κ3) is 1.74. The first-order valence-corrected chi connectivity index (χ1v) is 4.33. The second-order valence-corrected chi connectivity index (χ2v) is 4.44. The highest BCUT2D eigenvalue weighted by atomic mass is 16.3. The highest BCUT2D eigenvalue weighted by Crippen LogP contribution is 2.28. The maximum absolute atomic E-state index is 9.60. The summed E-state index contributed by atoms with van der Waals surface area (Å²) >= 11 is 0. The van der Waals surface area contributed by atoms with Crippen LogP contribution in [0.15, 0.2) is 0 Å². The molecule has 1 fully saturated rings. The molecule has 1 heterocycles. The van der Waals surface area contributed by atoms with E-state index in [0.717, 1.165) is 13.0 Å². The molecule has 0 saturated carbocycles. The minimum Gasteiger partial charge on any atom is -0.393 e. The fourth-order valence-electron chi connectivity index (χ4n) is 1.67. The Labute approximate surface area is 69.2 Å². The summed E-state index contributed by atoms with van der Waals surface area (Å²) in [4.78, 5) is 2.32. The molecule has 0 unspecified atom stereocenters. The highest BCUT2D eigenvalue weighted by molar-refractivity contribution is 4.90. The second kappa shape index (κ2) is 2.76. The van der Waals surface area contributed by atoms with Gasteiger partial charge in [0.1, 0.15) is 0 Å². The van der Waals surface area contributed by atoms with E-state index < -0.39 is 0 Å². The lowest BCUT2D eigenvalue weighted by Crippen LogP contribution is -2.52. The molecule has 0 aromatic carbocycles. The van der Waals surface area contributed by atoms with Crippen LogP contribution in [0.3, 0.4) is 0 Å². The van der Waals surface area contributed by atoms with Gasteiger partial charge in [-0.2, -0.15) is 0 Å². The van der Waals surface area contributed by atoms with Crippen molar-refractivity contribution in [1.82, 2.24) is 4.90 Å². The van der Waals surface area contributed by atoms with Crippen LogP contribution in [0.1, 0.15) is 27.2 Å². The van der Waals surface area contributed by atoms with Gasteiger partial charge in [0.15, 0.2) is 0 Å². The number of aliphatic hydroxyl groups is 1. The molecule has 0 aromatic rings. The van der Waals surface area contributed by atoms with Gasteiger partial charge in [0.2, 0.25) is 0 Å². The molecule has 11 heavy (non-hydrogen) atoms. The first-order valence-electron chi connectivity index (χ1n) is 4.33. The minimum absolute atomic E-state index is 0.110. The average molecular weight is 157 g/mol. The molecular weight excluding hydrogens is 138 g/mol. The van der Waals surface area contributed by atoms with Crippen LogP contribution in [-0.4, -0.2) is 35.2 Å². The molecule has 1 aliphatic rings. The van der Waals surface area contributed by atoms with Crippen LogP contribution in [0, 0.1) is 5.92 Å². The third-order valence-electron chi connectivity index (χ3n) is 2.96. The molecule has 0 amide bonds. The first-order chi connectivity index (χ1) is 4.93. The summed E-state index contributed by atoms with van der Waals surface area (Å²) in [5.41, 5.74) is 0.173. The van der Waals surface area contributed by atoms with Crippen molar-refractivity contribution < 1.29 is 5.11 Å². The number of hydrogen-bond donors (Lipinski definition) is 1. The van der Waals surface area contributed by atoms with Crippen molar-refractivity contribution in [2.45, 2.75) is 38.8 Å². The van der Waals surface area contributed by atoms with Gasteiger partial charge in [-0.25, -0.2) is 0 Å². The Morgan fingerprint density at radius 3 is 2.45 bits per heavy atom. The Hall–Kier alpha value is -0.0800. The Morgan fingerprint density at radius 1 is 1.45 bits per heavy atom. The van der Waals surface area contributed by atoms with Crippen molar-refractivity contribution in [1.29, 1.82) is 0 Å². The smallest absolute Gasteiger partial charge is 0.0595 e. The number of likely N-dealkylation sites (tertiary alicyclic amines) is 1. The molecule has 1 aliphatic heterocycles. The van der Waals surface area contributed by atoms with E-state index in [4.69, 9.17) is 0 Å². The molecule has 2 heteroatoms. The van der Waals surface area contributed by atoms with E-state index in [2.05, 4.69) is 32.7 Å². The Kier molecular flexibility index (Phi) is 2.26. The molecule has 0 aromatic heterocycles. The summed E-state index contributed by atoms with van der Waals surface area (Å²) in [6.45, 7) is 7.48. The molecule has 66 valence electrons. The quantitative estimate of drug-likeness (QED) is 0.569. The summed E-state index contributed by atoms with van der Waals surface area (Å²) in [5, 5.41) is 9.60. The van der Waals surface area contributed by atoms with Gasteiger partial charge in [-0.15, -0.1) is 0 Å². The Bertz CT molecular complexity index is 144. The molecule has 2 atom stereocenters. The molecule has 2 nitrogen and oxygen atoms in total. The van der Waals surface area contributed by atoms with Crippen molar-refractivity contribution >= 4 is 0 Å².